The number of anilines is 2. The summed E-state index contributed by atoms with van der Waals surface area (Å²) in [7, 11) is -3.85. The summed E-state index contributed by atoms with van der Waals surface area (Å²) in [6.45, 7) is 2.21. The van der Waals surface area contributed by atoms with E-state index in [-0.39, 0.29) is 11.4 Å². The molecule has 7 nitrogen and oxygen atoms in total. The molecule has 0 saturated carbocycles. The molecule has 1 heterocycles. The van der Waals surface area contributed by atoms with Crippen molar-refractivity contribution in [1.82, 2.24) is 4.98 Å². The molecule has 1 aromatic carbocycles. The normalized spacial score (nSPS) is 11.5. The van der Waals surface area contributed by atoms with Crippen molar-refractivity contribution < 1.29 is 12.8 Å². The summed E-state index contributed by atoms with van der Waals surface area (Å²) in [5.41, 5.74) is 6.26. The van der Waals surface area contributed by atoms with Crippen molar-refractivity contribution in [3.8, 4) is 0 Å². The zero-order valence-electron chi connectivity index (χ0n) is 11.0. The Morgan fingerprint density at radius 2 is 2.15 bits per heavy atom. The number of hydrogen-bond donors (Lipinski definition) is 3. The maximum atomic E-state index is 11.5. The third-order valence-corrected chi connectivity index (χ3v) is 3.64. The van der Waals surface area contributed by atoms with E-state index >= 15 is 0 Å². The molecule has 0 aliphatic carbocycles. The average molecular weight is 296 g/mol. The van der Waals surface area contributed by atoms with Crippen LogP contribution in [-0.2, 0) is 23.0 Å². The van der Waals surface area contributed by atoms with E-state index in [2.05, 4.69) is 10.3 Å². The lowest BCUT2D eigenvalue weighted by Gasteiger charge is -2.10. The second kappa shape index (κ2) is 5.51. The van der Waals surface area contributed by atoms with Gasteiger partial charge in [0.15, 0.2) is 0 Å². The van der Waals surface area contributed by atoms with Crippen molar-refractivity contribution >= 4 is 21.4 Å². The van der Waals surface area contributed by atoms with Gasteiger partial charge in [0.2, 0.25) is 15.9 Å². The minimum atomic E-state index is -3.85. The standard InChI is InChI=1S/C12H16N4O3S/c1-2-9-6-16-12(19-9)7-15-10-4-3-8(13)5-11(10)20(14,17)18/h3-6,15H,2,7,13H2,1H3,(H2,14,17,18). The second-order valence-corrected chi connectivity index (χ2v) is 5.76. The minimum Gasteiger partial charge on any atom is -0.444 e. The molecule has 8 heteroatoms. The molecule has 0 amide bonds. The Bertz CT molecular complexity index is 709. The second-order valence-electron chi connectivity index (χ2n) is 4.23. The zero-order valence-corrected chi connectivity index (χ0v) is 11.8. The Morgan fingerprint density at radius 3 is 2.75 bits per heavy atom. The van der Waals surface area contributed by atoms with E-state index in [1.54, 1.807) is 18.3 Å². The summed E-state index contributed by atoms with van der Waals surface area (Å²) in [5.74, 6) is 1.24. The number of nitrogens with zero attached hydrogens (tertiary/aromatic N) is 1. The van der Waals surface area contributed by atoms with Crippen LogP contribution < -0.4 is 16.2 Å². The molecule has 0 aliphatic heterocycles. The van der Waals surface area contributed by atoms with Gasteiger partial charge in [-0.25, -0.2) is 18.5 Å². The fraction of sp³-hybridized carbons (Fsp3) is 0.250. The van der Waals surface area contributed by atoms with E-state index < -0.39 is 10.0 Å². The molecule has 2 aromatic rings. The third-order valence-electron chi connectivity index (χ3n) is 2.69. The summed E-state index contributed by atoms with van der Waals surface area (Å²) in [4.78, 5) is 4.02. The van der Waals surface area contributed by atoms with Crippen molar-refractivity contribution in [2.24, 2.45) is 5.14 Å². The fourth-order valence-corrected chi connectivity index (χ4v) is 2.43. The maximum absolute atomic E-state index is 11.5. The first-order valence-corrected chi connectivity index (χ1v) is 7.54. The van der Waals surface area contributed by atoms with Gasteiger partial charge < -0.3 is 15.5 Å². The largest absolute Gasteiger partial charge is 0.444 e. The van der Waals surface area contributed by atoms with E-state index in [0.717, 1.165) is 12.2 Å². The Morgan fingerprint density at radius 1 is 1.40 bits per heavy atom. The van der Waals surface area contributed by atoms with Gasteiger partial charge in [-0.1, -0.05) is 6.92 Å². The van der Waals surface area contributed by atoms with Gasteiger partial charge in [-0.05, 0) is 18.2 Å². The van der Waals surface area contributed by atoms with Gasteiger partial charge in [0.25, 0.3) is 0 Å². The summed E-state index contributed by atoms with van der Waals surface area (Å²) < 4.78 is 28.4. The van der Waals surface area contributed by atoms with Crippen LogP contribution in [0.25, 0.3) is 0 Å². The SMILES string of the molecule is CCc1cnc(CNc2ccc(N)cc2S(N)(=O)=O)o1. The average Bonchev–Trinajstić information content (AvgIpc) is 2.84. The van der Waals surface area contributed by atoms with Gasteiger partial charge in [0, 0.05) is 12.1 Å². The predicted molar refractivity (Wildman–Crippen MR) is 75.4 cm³/mol. The van der Waals surface area contributed by atoms with Gasteiger partial charge in [0.05, 0.1) is 18.4 Å². The van der Waals surface area contributed by atoms with Gasteiger partial charge >= 0.3 is 0 Å². The molecule has 5 N–H and O–H groups in total. The van der Waals surface area contributed by atoms with Crippen LogP contribution >= 0.6 is 0 Å². The van der Waals surface area contributed by atoms with Crippen molar-refractivity contribution in [3.05, 3.63) is 36.0 Å². The molecule has 108 valence electrons. The number of aryl methyl sites for hydroxylation is 1. The number of oxazole rings is 1. The number of benzene rings is 1. The van der Waals surface area contributed by atoms with Gasteiger partial charge in [-0.2, -0.15) is 0 Å². The number of primary sulfonamides is 1. The molecule has 0 aliphatic rings. The molecule has 0 radical (unpaired) electrons. The number of aromatic nitrogens is 1. The van der Waals surface area contributed by atoms with Crippen LogP contribution in [0.2, 0.25) is 0 Å². The van der Waals surface area contributed by atoms with Gasteiger partial charge in [-0.15, -0.1) is 0 Å². The van der Waals surface area contributed by atoms with Crippen LogP contribution in [0, 0.1) is 0 Å². The molecule has 0 fully saturated rings. The highest BCUT2D eigenvalue weighted by atomic mass is 32.2. The highest BCUT2D eigenvalue weighted by Crippen LogP contribution is 2.23. The van der Waals surface area contributed by atoms with Crippen molar-refractivity contribution in [3.63, 3.8) is 0 Å². The Labute approximate surface area is 117 Å². The topological polar surface area (TPSA) is 124 Å². The third kappa shape index (κ3) is 3.28. The number of rotatable bonds is 5. The lowest BCUT2D eigenvalue weighted by Crippen LogP contribution is -2.15. The monoisotopic (exact) mass is 296 g/mol. The number of nitrogen functional groups attached to an aromatic ring is 1. The van der Waals surface area contributed by atoms with Crippen LogP contribution in [0.15, 0.2) is 33.7 Å². The number of sulfonamides is 1. The summed E-state index contributed by atoms with van der Waals surface area (Å²) in [5, 5.41) is 8.09. The van der Waals surface area contributed by atoms with Crippen LogP contribution in [0.4, 0.5) is 11.4 Å². The molecule has 0 atom stereocenters. The van der Waals surface area contributed by atoms with Crippen LogP contribution in [0.5, 0.6) is 0 Å². The summed E-state index contributed by atoms with van der Waals surface area (Å²) in [6.07, 6.45) is 2.39. The van der Waals surface area contributed by atoms with E-state index in [9.17, 15) is 8.42 Å². The van der Waals surface area contributed by atoms with Crippen molar-refractivity contribution in [1.29, 1.82) is 0 Å². The Hall–Kier alpha value is -2.06. The first-order valence-electron chi connectivity index (χ1n) is 6.00. The van der Waals surface area contributed by atoms with Crippen LogP contribution in [-0.4, -0.2) is 13.4 Å². The molecule has 2 rings (SSSR count). The highest BCUT2D eigenvalue weighted by molar-refractivity contribution is 7.89. The molecule has 0 unspecified atom stereocenters. The maximum Gasteiger partial charge on any atom is 0.240 e. The molecular formula is C12H16N4O3S. The molecule has 1 aromatic heterocycles. The molecule has 0 bridgehead atoms. The minimum absolute atomic E-state index is 0.0558. The van der Waals surface area contributed by atoms with Gasteiger partial charge in [0.1, 0.15) is 10.7 Å². The molecule has 0 spiro atoms. The first kappa shape index (κ1) is 14.4. The smallest absolute Gasteiger partial charge is 0.240 e. The van der Waals surface area contributed by atoms with Crippen molar-refractivity contribution in [2.75, 3.05) is 11.1 Å². The van der Waals surface area contributed by atoms with E-state index in [0.29, 0.717) is 17.3 Å². The Kier molecular flexibility index (Phi) is 3.96. The van der Waals surface area contributed by atoms with E-state index in [1.807, 2.05) is 6.92 Å². The van der Waals surface area contributed by atoms with E-state index in [1.165, 1.54) is 6.07 Å². The van der Waals surface area contributed by atoms with Crippen molar-refractivity contribution in [2.45, 2.75) is 24.8 Å². The van der Waals surface area contributed by atoms with Crippen LogP contribution in [0.1, 0.15) is 18.6 Å². The zero-order chi connectivity index (χ0) is 14.8. The quantitative estimate of drug-likeness (QED) is 0.709. The van der Waals surface area contributed by atoms with Gasteiger partial charge in [-0.3, -0.25) is 0 Å². The Balaban J connectivity index is 2.21. The van der Waals surface area contributed by atoms with Crippen LogP contribution in [0.3, 0.4) is 0 Å². The predicted octanol–water partition coefficient (Wildman–Crippen LogP) is 1.08. The summed E-state index contributed by atoms with van der Waals surface area (Å²) >= 11 is 0. The van der Waals surface area contributed by atoms with E-state index in [4.69, 9.17) is 15.3 Å². The number of nitrogens with one attached hydrogen (secondary N) is 1. The number of nitrogens with two attached hydrogens (primary N) is 2. The molecule has 0 saturated heterocycles. The lowest BCUT2D eigenvalue weighted by molar-refractivity contribution is 0.465. The fourth-order valence-electron chi connectivity index (χ4n) is 1.68. The molecule has 20 heavy (non-hydrogen) atoms. The number of hydrogen-bond acceptors (Lipinski definition) is 6. The lowest BCUT2D eigenvalue weighted by atomic mass is 10.3. The first-order chi connectivity index (χ1) is 9.40. The highest BCUT2D eigenvalue weighted by Gasteiger charge is 2.14. The molecular weight excluding hydrogens is 280 g/mol. The summed E-state index contributed by atoms with van der Waals surface area (Å²) in [6, 6.07) is 4.45.